The number of H-pyrrole nitrogens is 1. The summed E-state index contributed by atoms with van der Waals surface area (Å²) in [6.07, 6.45) is 0. The lowest BCUT2D eigenvalue weighted by atomic mass is 9.92. The van der Waals surface area contributed by atoms with Crippen molar-refractivity contribution in [2.45, 2.75) is 33.1 Å². The Morgan fingerprint density at radius 2 is 2.00 bits per heavy atom. The van der Waals surface area contributed by atoms with Crippen LogP contribution in [0.2, 0.25) is 5.15 Å². The third-order valence-electron chi connectivity index (χ3n) is 2.81. The number of aromatic amines is 1. The molecule has 0 aromatic carbocycles. The Morgan fingerprint density at radius 3 is 2.55 bits per heavy atom. The molecule has 0 aliphatic carbocycles. The molecule has 0 saturated carbocycles. The summed E-state index contributed by atoms with van der Waals surface area (Å²) in [4.78, 5) is 16.1. The fourth-order valence-electron chi connectivity index (χ4n) is 1.72. The molecule has 0 fully saturated rings. The minimum atomic E-state index is -0.260. The van der Waals surface area contributed by atoms with Gasteiger partial charge in [-0.3, -0.25) is 9.89 Å². The standard InChI is InChI=1S/C14H17ClN4O/c1-8-5-9(6-11(15)16-8)13(20)17-12-7-10(18-19-12)14(2,3)4/h5-7H,1-4H3,(H2,17,18,19,20). The fraction of sp³-hybridized carbons (Fsp3) is 0.357. The second-order valence-electron chi connectivity index (χ2n) is 5.69. The van der Waals surface area contributed by atoms with E-state index in [-0.39, 0.29) is 11.3 Å². The number of nitrogens with zero attached hydrogens (tertiary/aromatic N) is 2. The Bertz CT molecular complexity index is 623. The van der Waals surface area contributed by atoms with Crippen LogP contribution in [0, 0.1) is 6.92 Å². The Hall–Kier alpha value is -1.88. The third kappa shape index (κ3) is 3.36. The maximum atomic E-state index is 12.1. The van der Waals surface area contributed by atoms with Crippen molar-refractivity contribution in [3.8, 4) is 0 Å². The van der Waals surface area contributed by atoms with E-state index in [1.807, 2.05) is 6.07 Å². The van der Waals surface area contributed by atoms with Crippen LogP contribution in [-0.2, 0) is 5.41 Å². The van der Waals surface area contributed by atoms with Gasteiger partial charge in [-0.15, -0.1) is 0 Å². The van der Waals surface area contributed by atoms with Crippen LogP contribution in [0.25, 0.3) is 0 Å². The number of carbonyl (C=O) groups excluding carboxylic acids is 1. The molecule has 0 atom stereocenters. The number of anilines is 1. The van der Waals surface area contributed by atoms with Gasteiger partial charge in [-0.2, -0.15) is 5.10 Å². The number of hydrogen-bond donors (Lipinski definition) is 2. The molecule has 20 heavy (non-hydrogen) atoms. The molecule has 0 unspecified atom stereocenters. The number of aromatic nitrogens is 3. The van der Waals surface area contributed by atoms with E-state index in [4.69, 9.17) is 11.6 Å². The third-order valence-corrected chi connectivity index (χ3v) is 3.01. The lowest BCUT2D eigenvalue weighted by molar-refractivity contribution is 0.102. The van der Waals surface area contributed by atoms with Crippen molar-refractivity contribution < 1.29 is 4.79 Å². The predicted octanol–water partition coefficient (Wildman–Crippen LogP) is 3.32. The largest absolute Gasteiger partial charge is 0.305 e. The van der Waals surface area contributed by atoms with Gasteiger partial charge in [0, 0.05) is 28.4 Å². The molecule has 2 heterocycles. The van der Waals surface area contributed by atoms with Crippen LogP contribution >= 0.6 is 11.6 Å². The van der Waals surface area contributed by atoms with Gasteiger partial charge < -0.3 is 5.32 Å². The normalized spacial score (nSPS) is 11.4. The van der Waals surface area contributed by atoms with Crippen molar-refractivity contribution in [2.24, 2.45) is 0 Å². The molecular formula is C14H17ClN4O. The summed E-state index contributed by atoms with van der Waals surface area (Å²) in [6.45, 7) is 7.99. The molecule has 0 aliphatic rings. The number of halogens is 1. The highest BCUT2D eigenvalue weighted by atomic mass is 35.5. The minimum Gasteiger partial charge on any atom is -0.305 e. The second kappa shape index (κ2) is 5.25. The molecule has 2 rings (SSSR count). The highest BCUT2D eigenvalue weighted by Gasteiger charge is 2.18. The van der Waals surface area contributed by atoms with E-state index in [1.165, 1.54) is 6.07 Å². The molecule has 0 saturated heterocycles. The molecule has 2 aromatic heterocycles. The van der Waals surface area contributed by atoms with Gasteiger partial charge in [-0.1, -0.05) is 32.4 Å². The van der Waals surface area contributed by atoms with Crippen LogP contribution in [0.15, 0.2) is 18.2 Å². The monoisotopic (exact) mass is 292 g/mol. The van der Waals surface area contributed by atoms with Gasteiger partial charge in [0.25, 0.3) is 5.91 Å². The summed E-state index contributed by atoms with van der Waals surface area (Å²) in [5.41, 5.74) is 2.06. The van der Waals surface area contributed by atoms with Gasteiger partial charge in [0.15, 0.2) is 5.82 Å². The zero-order valence-electron chi connectivity index (χ0n) is 11.9. The SMILES string of the molecule is Cc1cc(C(=O)Nc2cc(C(C)(C)C)[nH]n2)cc(Cl)n1. The first-order valence-corrected chi connectivity index (χ1v) is 6.65. The maximum absolute atomic E-state index is 12.1. The average Bonchev–Trinajstić information content (AvgIpc) is 2.75. The molecule has 5 nitrogen and oxygen atoms in total. The smallest absolute Gasteiger partial charge is 0.257 e. The predicted molar refractivity (Wildman–Crippen MR) is 79.2 cm³/mol. The highest BCUT2D eigenvalue weighted by molar-refractivity contribution is 6.29. The van der Waals surface area contributed by atoms with Crippen molar-refractivity contribution >= 4 is 23.3 Å². The van der Waals surface area contributed by atoms with E-state index in [9.17, 15) is 4.79 Å². The quantitative estimate of drug-likeness (QED) is 0.834. The van der Waals surface area contributed by atoms with Gasteiger partial charge in [-0.05, 0) is 19.1 Å². The maximum Gasteiger partial charge on any atom is 0.257 e. The van der Waals surface area contributed by atoms with E-state index < -0.39 is 0 Å². The van der Waals surface area contributed by atoms with E-state index in [1.54, 1.807) is 13.0 Å². The van der Waals surface area contributed by atoms with Crippen molar-refractivity contribution in [1.82, 2.24) is 15.2 Å². The first-order valence-electron chi connectivity index (χ1n) is 6.27. The summed E-state index contributed by atoms with van der Waals surface area (Å²) < 4.78 is 0. The number of carbonyl (C=O) groups is 1. The molecule has 0 radical (unpaired) electrons. The van der Waals surface area contributed by atoms with Gasteiger partial charge in [0.05, 0.1) is 0 Å². The van der Waals surface area contributed by atoms with Crippen molar-refractivity contribution in [2.75, 3.05) is 5.32 Å². The molecule has 106 valence electrons. The van der Waals surface area contributed by atoms with E-state index in [2.05, 4.69) is 41.3 Å². The van der Waals surface area contributed by atoms with Crippen LogP contribution in [0.3, 0.4) is 0 Å². The zero-order chi connectivity index (χ0) is 14.9. The average molecular weight is 293 g/mol. The van der Waals surface area contributed by atoms with Crippen LogP contribution in [0.1, 0.15) is 42.5 Å². The van der Waals surface area contributed by atoms with Gasteiger partial charge in [-0.25, -0.2) is 4.98 Å². The Labute approximate surface area is 122 Å². The number of amides is 1. The molecule has 2 N–H and O–H groups in total. The van der Waals surface area contributed by atoms with Crippen molar-refractivity contribution in [3.05, 3.63) is 40.3 Å². The Kier molecular flexibility index (Phi) is 3.81. The highest BCUT2D eigenvalue weighted by Crippen LogP contribution is 2.22. The van der Waals surface area contributed by atoms with E-state index in [0.717, 1.165) is 5.69 Å². The van der Waals surface area contributed by atoms with Gasteiger partial charge >= 0.3 is 0 Å². The summed E-state index contributed by atoms with van der Waals surface area (Å²) >= 11 is 5.85. The Balaban J connectivity index is 2.17. The van der Waals surface area contributed by atoms with Crippen LogP contribution in [-0.4, -0.2) is 21.1 Å². The summed E-state index contributed by atoms with van der Waals surface area (Å²) in [5, 5.41) is 10.0. The van der Waals surface area contributed by atoms with Crippen molar-refractivity contribution in [3.63, 3.8) is 0 Å². The topological polar surface area (TPSA) is 70.7 Å². The molecule has 1 amide bonds. The molecule has 6 heteroatoms. The van der Waals surface area contributed by atoms with Crippen LogP contribution in [0.5, 0.6) is 0 Å². The summed E-state index contributed by atoms with van der Waals surface area (Å²) in [5.74, 6) is 0.231. The zero-order valence-corrected chi connectivity index (χ0v) is 12.7. The summed E-state index contributed by atoms with van der Waals surface area (Å²) in [7, 11) is 0. The van der Waals surface area contributed by atoms with Crippen LogP contribution < -0.4 is 5.32 Å². The lowest BCUT2D eigenvalue weighted by Crippen LogP contribution is -2.13. The molecule has 0 spiro atoms. The van der Waals surface area contributed by atoms with E-state index >= 15 is 0 Å². The Morgan fingerprint density at radius 1 is 1.30 bits per heavy atom. The van der Waals surface area contributed by atoms with E-state index in [0.29, 0.717) is 22.2 Å². The van der Waals surface area contributed by atoms with Crippen LogP contribution in [0.4, 0.5) is 5.82 Å². The van der Waals surface area contributed by atoms with Gasteiger partial charge in [0.2, 0.25) is 0 Å². The second-order valence-corrected chi connectivity index (χ2v) is 6.08. The van der Waals surface area contributed by atoms with Gasteiger partial charge in [0.1, 0.15) is 5.15 Å². The molecule has 2 aromatic rings. The number of nitrogens with one attached hydrogen (secondary N) is 2. The molecular weight excluding hydrogens is 276 g/mol. The number of pyridine rings is 1. The molecule has 0 aliphatic heterocycles. The number of aryl methyl sites for hydroxylation is 1. The van der Waals surface area contributed by atoms with Crippen molar-refractivity contribution in [1.29, 1.82) is 0 Å². The fourth-order valence-corrected chi connectivity index (χ4v) is 1.97. The minimum absolute atomic E-state index is 0.0491. The number of hydrogen-bond acceptors (Lipinski definition) is 3. The first-order chi connectivity index (χ1) is 9.25. The number of rotatable bonds is 2. The lowest BCUT2D eigenvalue weighted by Gasteiger charge is -2.14. The summed E-state index contributed by atoms with van der Waals surface area (Å²) in [6, 6.07) is 5.04. The molecule has 0 bridgehead atoms. The first kappa shape index (κ1) is 14.5.